The number of aryl methyl sites for hydroxylation is 1. The van der Waals surface area contributed by atoms with Gasteiger partial charge in [-0.1, -0.05) is 29.5 Å². The van der Waals surface area contributed by atoms with Crippen molar-refractivity contribution in [2.24, 2.45) is 0 Å². The maximum atomic E-state index is 12.9. The maximum Gasteiger partial charge on any atom is 0.273 e. The molecule has 2 aliphatic rings. The molecular formula is C17H20N4O2. The fourth-order valence-electron chi connectivity index (χ4n) is 3.74. The smallest absolute Gasteiger partial charge is 0.273 e. The zero-order valence-corrected chi connectivity index (χ0v) is 13.2. The predicted molar refractivity (Wildman–Crippen MR) is 83.7 cm³/mol. The molecule has 2 aromatic rings. The molecule has 0 saturated carbocycles. The summed E-state index contributed by atoms with van der Waals surface area (Å²) in [5, 5.41) is 7.83. The average Bonchev–Trinajstić information content (AvgIpc) is 3.20. The first-order valence-corrected chi connectivity index (χ1v) is 8.13. The average molecular weight is 312 g/mol. The molecule has 120 valence electrons. The van der Waals surface area contributed by atoms with Gasteiger partial charge in [-0.15, -0.1) is 5.10 Å². The van der Waals surface area contributed by atoms with Gasteiger partial charge in [-0.3, -0.25) is 4.79 Å². The van der Waals surface area contributed by atoms with Gasteiger partial charge in [0.15, 0.2) is 0 Å². The van der Waals surface area contributed by atoms with Crippen LogP contribution in [0.5, 0.6) is 0 Å². The third-order valence-electron chi connectivity index (χ3n) is 4.89. The van der Waals surface area contributed by atoms with E-state index in [-0.39, 0.29) is 11.5 Å². The van der Waals surface area contributed by atoms with Crippen LogP contribution in [-0.2, 0) is 23.5 Å². The first kappa shape index (κ1) is 14.4. The number of likely N-dealkylation sites (tertiary alicyclic amines) is 1. The van der Waals surface area contributed by atoms with Gasteiger partial charge in [-0.2, -0.15) is 0 Å². The normalized spacial score (nSPS) is 23.3. The quantitative estimate of drug-likeness (QED) is 0.850. The first-order chi connectivity index (χ1) is 11.2. The van der Waals surface area contributed by atoms with Crippen LogP contribution >= 0.6 is 0 Å². The van der Waals surface area contributed by atoms with E-state index in [9.17, 15) is 4.79 Å². The van der Waals surface area contributed by atoms with E-state index in [1.165, 1.54) is 11.1 Å². The number of fused-ring (bicyclic) bond motifs is 2. The fraction of sp³-hybridized carbons (Fsp3) is 0.471. The predicted octanol–water partition coefficient (Wildman–Crippen LogP) is 1.96. The molecule has 1 aromatic heterocycles. The molecule has 0 radical (unpaired) electrons. The van der Waals surface area contributed by atoms with Crippen LogP contribution in [-0.4, -0.2) is 38.9 Å². The van der Waals surface area contributed by atoms with Crippen LogP contribution in [0.2, 0.25) is 0 Å². The van der Waals surface area contributed by atoms with Crippen LogP contribution in [0.4, 0.5) is 0 Å². The summed E-state index contributed by atoms with van der Waals surface area (Å²) < 4.78 is 7.82. The molecule has 6 heteroatoms. The molecule has 2 aliphatic heterocycles. The second-order valence-electron chi connectivity index (χ2n) is 6.21. The Labute approximate surface area is 135 Å². The van der Waals surface area contributed by atoms with Gasteiger partial charge in [0.05, 0.1) is 19.3 Å². The van der Waals surface area contributed by atoms with Gasteiger partial charge in [0, 0.05) is 13.1 Å². The highest BCUT2D eigenvalue weighted by molar-refractivity contribution is 5.92. The minimum atomic E-state index is -0.352. The van der Waals surface area contributed by atoms with Crippen molar-refractivity contribution in [2.75, 3.05) is 13.1 Å². The van der Waals surface area contributed by atoms with Crippen molar-refractivity contribution >= 4 is 5.91 Å². The Morgan fingerprint density at radius 1 is 1.39 bits per heavy atom. The first-order valence-electron chi connectivity index (χ1n) is 8.13. The van der Waals surface area contributed by atoms with E-state index in [0.717, 1.165) is 19.4 Å². The Balaban J connectivity index is 1.62. The SMILES string of the molecule is CCn1nncc1C(=O)N1CCCC2(C1)OCc1ccccc12. The molecule has 4 rings (SSSR count). The summed E-state index contributed by atoms with van der Waals surface area (Å²) in [6.45, 7) is 4.57. The van der Waals surface area contributed by atoms with E-state index < -0.39 is 0 Å². The number of amides is 1. The molecule has 1 spiro atoms. The largest absolute Gasteiger partial charge is 0.364 e. The van der Waals surface area contributed by atoms with Crippen molar-refractivity contribution < 1.29 is 9.53 Å². The van der Waals surface area contributed by atoms with E-state index >= 15 is 0 Å². The molecule has 1 aromatic carbocycles. The molecule has 1 amide bonds. The van der Waals surface area contributed by atoms with Crippen molar-refractivity contribution in [1.82, 2.24) is 19.9 Å². The number of benzene rings is 1. The van der Waals surface area contributed by atoms with Crippen LogP contribution < -0.4 is 0 Å². The molecule has 1 unspecified atom stereocenters. The monoisotopic (exact) mass is 312 g/mol. The highest BCUT2D eigenvalue weighted by Crippen LogP contribution is 2.42. The molecule has 1 fully saturated rings. The number of nitrogens with zero attached hydrogens (tertiary/aromatic N) is 4. The summed E-state index contributed by atoms with van der Waals surface area (Å²) in [6.07, 6.45) is 3.45. The summed E-state index contributed by atoms with van der Waals surface area (Å²) in [5.41, 5.74) is 2.67. The van der Waals surface area contributed by atoms with Crippen molar-refractivity contribution in [3.8, 4) is 0 Å². The zero-order chi connectivity index (χ0) is 15.9. The third-order valence-corrected chi connectivity index (χ3v) is 4.89. The third kappa shape index (κ3) is 2.25. The molecule has 6 nitrogen and oxygen atoms in total. The Morgan fingerprint density at radius 2 is 2.26 bits per heavy atom. The molecule has 3 heterocycles. The topological polar surface area (TPSA) is 60.2 Å². The van der Waals surface area contributed by atoms with Crippen molar-refractivity contribution in [3.05, 3.63) is 47.3 Å². The Kier molecular flexibility index (Phi) is 3.41. The minimum Gasteiger partial charge on any atom is -0.364 e. The summed E-state index contributed by atoms with van der Waals surface area (Å²) in [5.74, 6) is -0.0103. The lowest BCUT2D eigenvalue weighted by molar-refractivity contribution is -0.0787. The van der Waals surface area contributed by atoms with Gasteiger partial charge < -0.3 is 9.64 Å². The van der Waals surface area contributed by atoms with Gasteiger partial charge in [0.2, 0.25) is 0 Å². The molecule has 1 atom stereocenters. The van der Waals surface area contributed by atoms with E-state index in [2.05, 4.69) is 22.4 Å². The summed E-state index contributed by atoms with van der Waals surface area (Å²) in [4.78, 5) is 14.7. The van der Waals surface area contributed by atoms with Gasteiger partial charge in [-0.05, 0) is 30.9 Å². The van der Waals surface area contributed by atoms with Crippen molar-refractivity contribution in [1.29, 1.82) is 0 Å². The van der Waals surface area contributed by atoms with Crippen molar-refractivity contribution in [3.63, 3.8) is 0 Å². The highest BCUT2D eigenvalue weighted by Gasteiger charge is 2.44. The summed E-state index contributed by atoms with van der Waals surface area (Å²) in [7, 11) is 0. The van der Waals surface area contributed by atoms with Gasteiger partial charge in [0.1, 0.15) is 11.3 Å². The van der Waals surface area contributed by atoms with Gasteiger partial charge >= 0.3 is 0 Å². The molecule has 0 aliphatic carbocycles. The van der Waals surface area contributed by atoms with E-state index in [4.69, 9.17) is 4.74 Å². The maximum absolute atomic E-state index is 12.9. The van der Waals surface area contributed by atoms with Crippen molar-refractivity contribution in [2.45, 2.75) is 38.5 Å². The number of carbonyl (C=O) groups is 1. The molecule has 0 bridgehead atoms. The lowest BCUT2D eigenvalue weighted by atomic mass is 9.85. The Hall–Kier alpha value is -2.21. The second-order valence-corrected chi connectivity index (χ2v) is 6.21. The van der Waals surface area contributed by atoms with Gasteiger partial charge in [-0.25, -0.2) is 4.68 Å². The number of carbonyl (C=O) groups excluding carboxylic acids is 1. The number of rotatable bonds is 2. The molecule has 23 heavy (non-hydrogen) atoms. The second kappa shape index (κ2) is 5.45. The molecular weight excluding hydrogens is 292 g/mol. The lowest BCUT2D eigenvalue weighted by Crippen LogP contribution is -2.48. The standard InChI is InChI=1S/C17H20N4O2/c1-2-21-15(10-18-19-21)16(22)20-9-5-8-17(12-20)14-7-4-3-6-13(14)11-23-17/h3-4,6-7,10H,2,5,8-9,11-12H2,1H3. The Morgan fingerprint density at radius 3 is 3.13 bits per heavy atom. The van der Waals surface area contributed by atoms with Crippen LogP contribution in [0.1, 0.15) is 41.4 Å². The van der Waals surface area contributed by atoms with Crippen LogP contribution in [0.3, 0.4) is 0 Å². The number of aromatic nitrogens is 3. The Bertz CT molecular complexity index is 738. The van der Waals surface area contributed by atoms with E-state index in [1.807, 2.05) is 24.0 Å². The molecule has 1 saturated heterocycles. The van der Waals surface area contributed by atoms with Crippen LogP contribution in [0, 0.1) is 0 Å². The molecule has 0 N–H and O–H groups in total. The number of hydrogen-bond acceptors (Lipinski definition) is 4. The summed E-state index contributed by atoms with van der Waals surface area (Å²) in [6, 6.07) is 8.33. The van der Waals surface area contributed by atoms with Gasteiger partial charge in [0.25, 0.3) is 5.91 Å². The lowest BCUT2D eigenvalue weighted by Gasteiger charge is -2.40. The number of ether oxygens (including phenoxy) is 1. The zero-order valence-electron chi connectivity index (χ0n) is 13.2. The van der Waals surface area contributed by atoms with Crippen LogP contribution in [0.15, 0.2) is 30.5 Å². The van der Waals surface area contributed by atoms with E-state index in [0.29, 0.717) is 25.4 Å². The summed E-state index contributed by atoms with van der Waals surface area (Å²) >= 11 is 0. The number of hydrogen-bond donors (Lipinski definition) is 0. The van der Waals surface area contributed by atoms with E-state index in [1.54, 1.807) is 10.9 Å². The minimum absolute atomic E-state index is 0.0103. The fourth-order valence-corrected chi connectivity index (χ4v) is 3.74. The highest BCUT2D eigenvalue weighted by atomic mass is 16.5. The van der Waals surface area contributed by atoms with Crippen LogP contribution in [0.25, 0.3) is 0 Å². The number of piperidine rings is 1.